The van der Waals surface area contributed by atoms with Gasteiger partial charge in [-0.05, 0) is 59.3 Å². The number of halogens is 1. The Balaban J connectivity index is 1.95. The molecule has 0 radical (unpaired) electrons. The van der Waals surface area contributed by atoms with Crippen molar-refractivity contribution in [2.24, 2.45) is 5.92 Å². The summed E-state index contributed by atoms with van der Waals surface area (Å²) in [4.78, 5) is 12.9. The summed E-state index contributed by atoms with van der Waals surface area (Å²) < 4.78 is 0.807. The number of carbonyl (C=O) groups excluding carboxylic acids is 1. The molecule has 2 rings (SSSR count). The molecule has 1 unspecified atom stereocenters. The molecule has 1 aromatic carbocycles. The molecular formula is C14H16BrNOS. The predicted octanol–water partition coefficient (Wildman–Crippen LogP) is 3.82. The van der Waals surface area contributed by atoms with Crippen LogP contribution in [0.4, 0.5) is 0 Å². The summed E-state index contributed by atoms with van der Waals surface area (Å²) in [5.74, 6) is 0.532. The molecule has 1 aliphatic carbocycles. The van der Waals surface area contributed by atoms with Crippen LogP contribution >= 0.6 is 28.6 Å². The number of amides is 1. The zero-order valence-corrected chi connectivity index (χ0v) is 12.5. The molecule has 2 nitrogen and oxygen atoms in total. The quantitative estimate of drug-likeness (QED) is 0.642. The molecule has 0 spiro atoms. The summed E-state index contributed by atoms with van der Waals surface area (Å²) in [7, 11) is 0. The fourth-order valence-electron chi connectivity index (χ4n) is 2.06. The van der Waals surface area contributed by atoms with Gasteiger partial charge in [0.25, 0.3) is 5.91 Å². The molecule has 1 N–H and O–H groups in total. The van der Waals surface area contributed by atoms with Gasteiger partial charge in [-0.1, -0.05) is 12.2 Å². The first-order chi connectivity index (χ1) is 8.66. The summed E-state index contributed by atoms with van der Waals surface area (Å²) in [6, 6.07) is 5.49. The number of benzene rings is 1. The molecule has 0 aromatic heterocycles. The van der Waals surface area contributed by atoms with Gasteiger partial charge in [0.05, 0.1) is 5.56 Å². The van der Waals surface area contributed by atoms with Gasteiger partial charge < -0.3 is 5.32 Å². The van der Waals surface area contributed by atoms with Gasteiger partial charge in [0.1, 0.15) is 0 Å². The minimum absolute atomic E-state index is 0.0349. The Morgan fingerprint density at radius 3 is 3.00 bits per heavy atom. The number of hydrogen-bond donors (Lipinski definition) is 2. The third-order valence-corrected chi connectivity index (χ3v) is 4.09. The van der Waals surface area contributed by atoms with E-state index in [9.17, 15) is 4.79 Å². The molecule has 1 aliphatic rings. The van der Waals surface area contributed by atoms with Gasteiger partial charge in [-0.3, -0.25) is 4.79 Å². The molecule has 0 saturated carbocycles. The van der Waals surface area contributed by atoms with Crippen LogP contribution < -0.4 is 5.32 Å². The van der Waals surface area contributed by atoms with E-state index in [2.05, 4.69) is 46.0 Å². The molecule has 4 heteroatoms. The van der Waals surface area contributed by atoms with E-state index in [0.717, 1.165) is 35.2 Å². The molecule has 0 fully saturated rings. The second kappa shape index (κ2) is 6.43. The van der Waals surface area contributed by atoms with Gasteiger partial charge in [0, 0.05) is 15.9 Å². The van der Waals surface area contributed by atoms with E-state index >= 15 is 0 Å². The number of nitrogens with one attached hydrogen (secondary N) is 1. The van der Waals surface area contributed by atoms with E-state index < -0.39 is 0 Å². The van der Waals surface area contributed by atoms with Crippen LogP contribution in [0.15, 0.2) is 39.7 Å². The van der Waals surface area contributed by atoms with Crippen molar-refractivity contribution in [2.45, 2.75) is 24.2 Å². The molecule has 0 aliphatic heterocycles. The van der Waals surface area contributed by atoms with Crippen LogP contribution in [0.2, 0.25) is 0 Å². The lowest BCUT2D eigenvalue weighted by Crippen LogP contribution is -2.29. The second-order valence-corrected chi connectivity index (χ2v) is 5.90. The summed E-state index contributed by atoms with van der Waals surface area (Å²) in [5.41, 5.74) is 0.647. The van der Waals surface area contributed by atoms with Crippen LogP contribution in [0.3, 0.4) is 0 Å². The van der Waals surface area contributed by atoms with Crippen molar-refractivity contribution in [3.05, 3.63) is 40.4 Å². The SMILES string of the molecule is O=C(NCC1CC=CCC1)c1cc(S)ccc1Br. The van der Waals surface area contributed by atoms with E-state index in [1.807, 2.05) is 12.1 Å². The average Bonchev–Trinajstić information content (AvgIpc) is 2.40. The van der Waals surface area contributed by atoms with Crippen molar-refractivity contribution in [1.82, 2.24) is 5.32 Å². The summed E-state index contributed by atoms with van der Waals surface area (Å²) in [6.07, 6.45) is 7.75. The fourth-order valence-corrected chi connectivity index (χ4v) is 2.69. The third-order valence-electron chi connectivity index (χ3n) is 3.12. The number of allylic oxidation sites excluding steroid dienone is 2. The largest absolute Gasteiger partial charge is 0.352 e. The summed E-state index contributed by atoms with van der Waals surface area (Å²) in [5, 5.41) is 3.00. The highest BCUT2D eigenvalue weighted by Crippen LogP contribution is 2.21. The van der Waals surface area contributed by atoms with E-state index in [-0.39, 0.29) is 5.91 Å². The lowest BCUT2D eigenvalue weighted by Gasteiger charge is -2.18. The minimum Gasteiger partial charge on any atom is -0.352 e. The van der Waals surface area contributed by atoms with E-state index in [0.29, 0.717) is 11.5 Å². The maximum Gasteiger partial charge on any atom is 0.252 e. The van der Waals surface area contributed by atoms with Crippen molar-refractivity contribution in [2.75, 3.05) is 6.54 Å². The van der Waals surface area contributed by atoms with Crippen molar-refractivity contribution in [3.63, 3.8) is 0 Å². The lowest BCUT2D eigenvalue weighted by atomic mass is 9.94. The highest BCUT2D eigenvalue weighted by Gasteiger charge is 2.14. The van der Waals surface area contributed by atoms with Gasteiger partial charge in [-0.15, -0.1) is 12.6 Å². The van der Waals surface area contributed by atoms with Gasteiger partial charge >= 0.3 is 0 Å². The van der Waals surface area contributed by atoms with Gasteiger partial charge in [0.2, 0.25) is 0 Å². The van der Waals surface area contributed by atoms with Crippen molar-refractivity contribution in [1.29, 1.82) is 0 Å². The fraction of sp³-hybridized carbons (Fsp3) is 0.357. The zero-order chi connectivity index (χ0) is 13.0. The highest BCUT2D eigenvalue weighted by atomic mass is 79.9. The molecular weight excluding hydrogens is 310 g/mol. The van der Waals surface area contributed by atoms with Gasteiger partial charge in [-0.2, -0.15) is 0 Å². The minimum atomic E-state index is -0.0349. The number of carbonyl (C=O) groups is 1. The monoisotopic (exact) mass is 325 g/mol. The van der Waals surface area contributed by atoms with Crippen molar-refractivity contribution < 1.29 is 4.79 Å². The first kappa shape index (κ1) is 13.7. The van der Waals surface area contributed by atoms with E-state index in [1.54, 1.807) is 6.07 Å². The Labute approximate surface area is 121 Å². The Kier molecular flexibility index (Phi) is 4.89. The highest BCUT2D eigenvalue weighted by molar-refractivity contribution is 9.10. The van der Waals surface area contributed by atoms with Gasteiger partial charge in [0.15, 0.2) is 0 Å². The molecule has 0 bridgehead atoms. The lowest BCUT2D eigenvalue weighted by molar-refractivity contribution is 0.0945. The molecule has 1 aromatic rings. The van der Waals surface area contributed by atoms with Crippen LogP contribution in [-0.2, 0) is 0 Å². The Morgan fingerprint density at radius 1 is 1.44 bits per heavy atom. The van der Waals surface area contributed by atoms with Crippen LogP contribution in [0.5, 0.6) is 0 Å². The van der Waals surface area contributed by atoms with Crippen LogP contribution in [0.25, 0.3) is 0 Å². The Bertz CT molecular complexity index is 473. The molecule has 0 heterocycles. The Hall–Kier alpha value is -0.740. The molecule has 0 saturated heterocycles. The molecule has 1 amide bonds. The maximum absolute atomic E-state index is 12.1. The number of rotatable bonds is 3. The molecule has 1 atom stereocenters. The topological polar surface area (TPSA) is 29.1 Å². The van der Waals surface area contributed by atoms with E-state index in [4.69, 9.17) is 0 Å². The number of thiol groups is 1. The van der Waals surface area contributed by atoms with Crippen LogP contribution in [0.1, 0.15) is 29.6 Å². The second-order valence-electron chi connectivity index (χ2n) is 4.52. The third kappa shape index (κ3) is 3.62. The normalized spacial score (nSPS) is 18.7. The van der Waals surface area contributed by atoms with Crippen molar-refractivity contribution in [3.8, 4) is 0 Å². The van der Waals surface area contributed by atoms with Crippen LogP contribution in [0, 0.1) is 5.92 Å². The van der Waals surface area contributed by atoms with Crippen molar-refractivity contribution >= 4 is 34.5 Å². The predicted molar refractivity (Wildman–Crippen MR) is 80.2 cm³/mol. The maximum atomic E-state index is 12.1. The number of hydrogen-bond acceptors (Lipinski definition) is 2. The first-order valence-corrected chi connectivity index (χ1v) is 7.32. The van der Waals surface area contributed by atoms with E-state index in [1.165, 1.54) is 0 Å². The summed E-state index contributed by atoms with van der Waals surface area (Å²) >= 11 is 7.65. The smallest absolute Gasteiger partial charge is 0.252 e. The summed E-state index contributed by atoms with van der Waals surface area (Å²) in [6.45, 7) is 0.742. The zero-order valence-electron chi connectivity index (χ0n) is 10.0. The average molecular weight is 326 g/mol. The van der Waals surface area contributed by atoms with Gasteiger partial charge in [-0.25, -0.2) is 0 Å². The Morgan fingerprint density at radius 2 is 2.28 bits per heavy atom. The molecule has 96 valence electrons. The first-order valence-electron chi connectivity index (χ1n) is 6.08. The standard InChI is InChI=1S/C14H16BrNOS/c15-13-7-6-11(18)8-12(13)14(17)16-9-10-4-2-1-3-5-10/h1-2,6-8,10,18H,3-5,9H2,(H,16,17). The molecule has 18 heavy (non-hydrogen) atoms. The van der Waals surface area contributed by atoms with Crippen LogP contribution in [-0.4, -0.2) is 12.5 Å².